The quantitative estimate of drug-likeness (QED) is 0.0313. The van der Waals surface area contributed by atoms with Crippen LogP contribution in [0.2, 0.25) is 0 Å². The maximum atomic E-state index is 13.1. The van der Waals surface area contributed by atoms with E-state index < -0.39 is 172 Å². The Hall–Kier alpha value is -7.64. The van der Waals surface area contributed by atoms with Gasteiger partial charge in [0.1, 0.15) is 121 Å². The number of phenolic OH excluding ortho intramolecular Hbond substituents is 3. The Kier molecular flexibility index (Phi) is 21.8. The fourth-order valence-electron chi connectivity index (χ4n) is 10.2. The summed E-state index contributed by atoms with van der Waals surface area (Å²) in [6.07, 6.45) is -29.5. The highest BCUT2D eigenvalue weighted by Crippen LogP contribution is 2.48. The summed E-state index contributed by atoms with van der Waals surface area (Å²) in [5, 5.41) is 161. The summed E-state index contributed by atoms with van der Waals surface area (Å²) in [5.74, 6) is -3.35. The average molecular weight is 1290 g/mol. The van der Waals surface area contributed by atoms with Crippen molar-refractivity contribution in [3.63, 3.8) is 0 Å². The van der Waals surface area contributed by atoms with Crippen LogP contribution in [0.5, 0.6) is 51.7 Å². The molecule has 496 valence electrons. The molecule has 15 N–H and O–H groups in total. The number of hydrogen-bond acceptors (Lipinski definition) is 31. The lowest BCUT2D eigenvalue weighted by Crippen LogP contribution is -2.61. The fraction of sp³-hybridized carbons (Fsp3) is 0.467. The van der Waals surface area contributed by atoms with Gasteiger partial charge in [-0.2, -0.15) is 0 Å². The van der Waals surface area contributed by atoms with Gasteiger partial charge in [-0.3, -0.25) is 0 Å². The van der Waals surface area contributed by atoms with Crippen LogP contribution in [-0.2, 0) is 47.5 Å². The van der Waals surface area contributed by atoms with Crippen LogP contribution in [-0.4, -0.2) is 253 Å². The van der Waals surface area contributed by atoms with E-state index in [4.69, 9.17) is 66.3 Å². The zero-order valence-electron chi connectivity index (χ0n) is 48.7. The Balaban J connectivity index is 0.812. The van der Waals surface area contributed by atoms with Gasteiger partial charge >= 0.3 is 11.9 Å². The Labute approximate surface area is 516 Å². The predicted molar refractivity (Wildman–Crippen MR) is 302 cm³/mol. The van der Waals surface area contributed by atoms with E-state index in [1.807, 2.05) is 0 Å². The van der Waals surface area contributed by atoms with E-state index in [1.54, 1.807) is 0 Å². The number of esters is 2. The van der Waals surface area contributed by atoms with Crippen molar-refractivity contribution in [1.29, 1.82) is 0 Å². The fourth-order valence-corrected chi connectivity index (χ4v) is 10.2. The number of aliphatic hydroxyl groups is 12. The average Bonchev–Trinajstić information content (AvgIpc) is 0.842. The van der Waals surface area contributed by atoms with Crippen molar-refractivity contribution >= 4 is 30.2 Å². The van der Waals surface area contributed by atoms with Crippen molar-refractivity contribution in [2.24, 2.45) is 0 Å². The molecule has 5 aliphatic heterocycles. The number of hydrogen-bond donors (Lipinski definition) is 15. The molecule has 31 nitrogen and oxygen atoms in total. The Bertz CT molecular complexity index is 3220. The van der Waals surface area contributed by atoms with Crippen LogP contribution in [0.25, 0.3) is 18.2 Å². The second-order valence-electron chi connectivity index (χ2n) is 21.5. The molecule has 5 aliphatic rings. The first kappa shape index (κ1) is 67.7. The molecule has 5 heterocycles. The highest BCUT2D eigenvalue weighted by atomic mass is 16.7. The van der Waals surface area contributed by atoms with E-state index in [2.05, 4.69) is 0 Å². The molecular weight excluding hydrogens is 1220 g/mol. The predicted octanol–water partition coefficient (Wildman–Crippen LogP) is -2.14. The zero-order valence-corrected chi connectivity index (χ0v) is 48.7. The highest BCUT2D eigenvalue weighted by Gasteiger charge is 2.51. The molecule has 21 unspecified atom stereocenters. The second-order valence-corrected chi connectivity index (χ2v) is 21.5. The molecule has 4 saturated heterocycles. The van der Waals surface area contributed by atoms with Crippen molar-refractivity contribution < 1.29 is 153 Å². The molecular formula is C60H70O31. The number of phenols is 3. The van der Waals surface area contributed by atoms with E-state index in [0.29, 0.717) is 11.1 Å². The number of ether oxygens (including phenoxy) is 14. The lowest BCUT2D eigenvalue weighted by Gasteiger charge is -2.43. The number of carbonyl (C=O) groups is 2. The van der Waals surface area contributed by atoms with Crippen molar-refractivity contribution in [2.75, 3.05) is 41.2 Å². The largest absolute Gasteiger partial charge is 0.508 e. The van der Waals surface area contributed by atoms with Crippen LogP contribution in [0.1, 0.15) is 35.3 Å². The molecule has 4 aromatic carbocycles. The molecule has 4 aromatic rings. The van der Waals surface area contributed by atoms with Gasteiger partial charge in [-0.15, -0.1) is 0 Å². The summed E-state index contributed by atoms with van der Waals surface area (Å²) in [5.41, 5.74) is 1.03. The number of benzene rings is 4. The Morgan fingerprint density at radius 3 is 1.68 bits per heavy atom. The smallest absolute Gasteiger partial charge is 0.331 e. The number of aromatic hydroxyl groups is 3. The number of carbonyl (C=O) groups excluding carboxylic acids is 2. The molecule has 0 aliphatic carbocycles. The van der Waals surface area contributed by atoms with Crippen molar-refractivity contribution in [1.82, 2.24) is 0 Å². The lowest BCUT2D eigenvalue weighted by molar-refractivity contribution is -0.325. The molecule has 4 fully saturated rings. The Morgan fingerprint density at radius 1 is 0.527 bits per heavy atom. The van der Waals surface area contributed by atoms with Crippen LogP contribution >= 0.6 is 0 Å². The van der Waals surface area contributed by atoms with Gasteiger partial charge in [0.2, 0.25) is 24.6 Å². The molecule has 21 atom stereocenters. The van der Waals surface area contributed by atoms with Crippen LogP contribution in [0.15, 0.2) is 84.6 Å². The monoisotopic (exact) mass is 1290 g/mol. The van der Waals surface area contributed by atoms with Crippen LogP contribution in [0.4, 0.5) is 0 Å². The SMILES string of the molecule is COc1cc(C=CC(=O)OCC2OC(Oc3ccc(C=CC(=O)OC4C(C)OC(OCC5OC(OC6=Cc7c(cc(O)cc7OC7OC(CO)C(O)C(O)C7O)OC6c6cc(OC)c(O)c(OC)c6)C(O)C(O)C5O)C(O)C4O)cc3)C(O)C(O)C2O)ccc1O. The van der Waals surface area contributed by atoms with E-state index in [1.165, 1.54) is 107 Å². The van der Waals surface area contributed by atoms with Crippen LogP contribution in [0.3, 0.4) is 0 Å². The van der Waals surface area contributed by atoms with Crippen molar-refractivity contribution in [3.05, 3.63) is 107 Å². The molecule has 91 heavy (non-hydrogen) atoms. The molecule has 0 bridgehead atoms. The zero-order chi connectivity index (χ0) is 65.7. The molecule has 31 heteroatoms. The number of methoxy groups -OCH3 is 3. The maximum absolute atomic E-state index is 13.1. The van der Waals surface area contributed by atoms with Gasteiger partial charge in [0.25, 0.3) is 0 Å². The number of rotatable bonds is 21. The van der Waals surface area contributed by atoms with E-state index in [9.17, 15) is 86.2 Å². The number of fused-ring (bicyclic) bond motifs is 1. The van der Waals surface area contributed by atoms with Gasteiger partial charge in [-0.1, -0.05) is 18.2 Å². The van der Waals surface area contributed by atoms with Crippen molar-refractivity contribution in [3.8, 4) is 51.7 Å². The third kappa shape index (κ3) is 15.2. The third-order valence-electron chi connectivity index (χ3n) is 15.4. The molecule has 0 saturated carbocycles. The summed E-state index contributed by atoms with van der Waals surface area (Å²) in [7, 11) is 3.88. The summed E-state index contributed by atoms with van der Waals surface area (Å²) in [6, 6.07) is 15.1. The number of aliphatic hydroxyl groups excluding tert-OH is 12. The van der Waals surface area contributed by atoms with Gasteiger partial charge < -0.3 is 143 Å². The summed E-state index contributed by atoms with van der Waals surface area (Å²) >= 11 is 0. The van der Waals surface area contributed by atoms with Crippen LogP contribution in [0, 0.1) is 0 Å². The van der Waals surface area contributed by atoms with Gasteiger partial charge in [-0.25, -0.2) is 9.59 Å². The third-order valence-corrected chi connectivity index (χ3v) is 15.4. The first-order valence-corrected chi connectivity index (χ1v) is 28.2. The first-order valence-electron chi connectivity index (χ1n) is 28.2. The maximum Gasteiger partial charge on any atom is 0.331 e. The molecule has 0 spiro atoms. The van der Waals surface area contributed by atoms with Gasteiger partial charge in [0, 0.05) is 29.8 Å². The topological polar surface area (TPSA) is 467 Å². The minimum atomic E-state index is -2.02. The normalized spacial score (nSPS) is 33.2. The highest BCUT2D eigenvalue weighted by molar-refractivity contribution is 5.88. The second kappa shape index (κ2) is 29.3. The van der Waals surface area contributed by atoms with Gasteiger partial charge in [0.15, 0.2) is 41.5 Å². The molecule has 0 radical (unpaired) electrons. The lowest BCUT2D eigenvalue weighted by atomic mass is 9.97. The summed E-state index contributed by atoms with van der Waals surface area (Å²) < 4.78 is 79.4. The van der Waals surface area contributed by atoms with E-state index in [0.717, 1.165) is 18.2 Å². The van der Waals surface area contributed by atoms with Crippen LogP contribution < -0.4 is 28.4 Å². The minimum Gasteiger partial charge on any atom is -0.508 e. The van der Waals surface area contributed by atoms with E-state index >= 15 is 0 Å². The molecule has 9 rings (SSSR count). The van der Waals surface area contributed by atoms with Crippen molar-refractivity contribution in [2.45, 2.75) is 136 Å². The molecule has 0 amide bonds. The summed E-state index contributed by atoms with van der Waals surface area (Å²) in [4.78, 5) is 25.6. The van der Waals surface area contributed by atoms with Gasteiger partial charge in [0.05, 0.1) is 46.2 Å². The first-order chi connectivity index (χ1) is 43.4. The van der Waals surface area contributed by atoms with Gasteiger partial charge in [-0.05, 0) is 72.7 Å². The Morgan fingerprint density at radius 2 is 1.07 bits per heavy atom. The minimum absolute atomic E-state index is 0.0322. The standard InChI is InChI=1S/C60H70O31/c1-24-55(91-42(65)14-8-25-5-10-29(11-6-25)84-58-51(74)48(71)45(68)39(89-58)22-81-41(64)13-9-26-7-12-31(63)34(15-26)78-2)50(73)54(77)57(83-24)82-23-40-46(69)49(72)53(76)60(90-40)87-37-20-30-32(85-56(37)27-16-35(79-3)43(66)36(17-27)80-4)18-28(62)19-33(30)86-59-52(75)47(70)44(67)38(21-61)88-59/h5-20,24,38-40,44-63,66-77H,21-23H2,1-4H3. The van der Waals surface area contributed by atoms with E-state index in [-0.39, 0.29) is 57.1 Å². The molecule has 0 aromatic heterocycles. The summed E-state index contributed by atoms with van der Waals surface area (Å²) in [6.45, 7) is -0.658.